The van der Waals surface area contributed by atoms with Crippen LogP contribution in [0, 0.1) is 17.8 Å². The summed E-state index contributed by atoms with van der Waals surface area (Å²) in [6.45, 7) is 8.57. The van der Waals surface area contributed by atoms with Crippen molar-refractivity contribution in [1.29, 1.82) is 0 Å². The lowest BCUT2D eigenvalue weighted by Gasteiger charge is -2.31. The fourth-order valence-corrected chi connectivity index (χ4v) is 2.75. The zero-order chi connectivity index (χ0) is 12.7. The van der Waals surface area contributed by atoms with Gasteiger partial charge in [0.1, 0.15) is 0 Å². The molecule has 0 bridgehead atoms. The van der Waals surface area contributed by atoms with E-state index in [0.717, 1.165) is 43.8 Å². The quantitative estimate of drug-likeness (QED) is 0.691. The monoisotopic (exact) mass is 241 g/mol. The maximum absolute atomic E-state index is 6.27. The van der Waals surface area contributed by atoms with Gasteiger partial charge in [0.05, 0.1) is 0 Å². The lowest BCUT2D eigenvalue weighted by atomic mass is 9.78. The minimum absolute atomic E-state index is 0.358. The van der Waals surface area contributed by atoms with Crippen molar-refractivity contribution in [3.8, 4) is 0 Å². The lowest BCUT2D eigenvalue weighted by molar-refractivity contribution is 0.107. The molecule has 0 heterocycles. The molecule has 2 nitrogen and oxygen atoms in total. The van der Waals surface area contributed by atoms with Gasteiger partial charge in [-0.25, -0.2) is 0 Å². The van der Waals surface area contributed by atoms with Crippen LogP contribution < -0.4 is 5.73 Å². The molecule has 1 fully saturated rings. The molecule has 1 saturated carbocycles. The standard InChI is InChI=1S/C15H31NO/c1-12(2)7-9-17-10-8-15(16)14-6-4-5-13(3)11-14/h12-15H,4-11,16H2,1-3H3. The van der Waals surface area contributed by atoms with E-state index < -0.39 is 0 Å². The molecule has 0 saturated heterocycles. The van der Waals surface area contributed by atoms with Crippen molar-refractivity contribution in [1.82, 2.24) is 0 Å². The third-order valence-electron chi connectivity index (χ3n) is 4.02. The Morgan fingerprint density at radius 2 is 1.88 bits per heavy atom. The van der Waals surface area contributed by atoms with E-state index in [1.165, 1.54) is 25.7 Å². The Morgan fingerprint density at radius 1 is 1.18 bits per heavy atom. The van der Waals surface area contributed by atoms with Crippen LogP contribution in [0.4, 0.5) is 0 Å². The van der Waals surface area contributed by atoms with E-state index in [0.29, 0.717) is 6.04 Å². The molecular weight excluding hydrogens is 210 g/mol. The second-order valence-corrected chi connectivity index (χ2v) is 6.28. The first kappa shape index (κ1) is 15.0. The highest BCUT2D eigenvalue weighted by Gasteiger charge is 2.23. The molecule has 17 heavy (non-hydrogen) atoms. The third-order valence-corrected chi connectivity index (χ3v) is 4.02. The van der Waals surface area contributed by atoms with Crippen molar-refractivity contribution in [3.05, 3.63) is 0 Å². The van der Waals surface area contributed by atoms with E-state index >= 15 is 0 Å². The van der Waals surface area contributed by atoms with Gasteiger partial charge >= 0.3 is 0 Å². The first-order valence-corrected chi connectivity index (χ1v) is 7.43. The van der Waals surface area contributed by atoms with Crippen molar-refractivity contribution in [2.75, 3.05) is 13.2 Å². The summed E-state index contributed by atoms with van der Waals surface area (Å²) in [4.78, 5) is 0. The Labute approximate surface area is 107 Å². The van der Waals surface area contributed by atoms with E-state index in [1.807, 2.05) is 0 Å². The maximum Gasteiger partial charge on any atom is 0.0480 e. The van der Waals surface area contributed by atoms with Crippen LogP contribution in [0.25, 0.3) is 0 Å². The highest BCUT2D eigenvalue weighted by Crippen LogP contribution is 2.30. The van der Waals surface area contributed by atoms with Crippen molar-refractivity contribution in [3.63, 3.8) is 0 Å². The van der Waals surface area contributed by atoms with Gasteiger partial charge in [-0.15, -0.1) is 0 Å². The lowest BCUT2D eigenvalue weighted by Crippen LogP contribution is -2.34. The predicted molar refractivity (Wildman–Crippen MR) is 74.0 cm³/mol. The fraction of sp³-hybridized carbons (Fsp3) is 1.00. The van der Waals surface area contributed by atoms with Gasteiger partial charge in [0.2, 0.25) is 0 Å². The first-order valence-electron chi connectivity index (χ1n) is 7.43. The molecule has 0 aliphatic heterocycles. The summed E-state index contributed by atoms with van der Waals surface area (Å²) >= 11 is 0. The van der Waals surface area contributed by atoms with Gasteiger partial charge < -0.3 is 10.5 Å². The number of nitrogens with two attached hydrogens (primary N) is 1. The Hall–Kier alpha value is -0.0800. The minimum Gasteiger partial charge on any atom is -0.381 e. The maximum atomic E-state index is 6.27. The van der Waals surface area contributed by atoms with E-state index in [2.05, 4.69) is 20.8 Å². The van der Waals surface area contributed by atoms with E-state index in [-0.39, 0.29) is 0 Å². The van der Waals surface area contributed by atoms with Crippen LogP contribution in [-0.2, 0) is 4.74 Å². The third kappa shape index (κ3) is 6.42. The molecule has 0 aromatic rings. The molecule has 0 aromatic carbocycles. The van der Waals surface area contributed by atoms with E-state index in [9.17, 15) is 0 Å². The van der Waals surface area contributed by atoms with Crippen LogP contribution >= 0.6 is 0 Å². The normalized spacial score (nSPS) is 27.4. The van der Waals surface area contributed by atoms with Crippen LogP contribution in [0.1, 0.15) is 59.3 Å². The van der Waals surface area contributed by atoms with Crippen LogP contribution in [0.15, 0.2) is 0 Å². The average molecular weight is 241 g/mol. The smallest absolute Gasteiger partial charge is 0.0480 e. The molecule has 0 amide bonds. The largest absolute Gasteiger partial charge is 0.381 e. The summed E-state index contributed by atoms with van der Waals surface area (Å²) in [5.74, 6) is 2.36. The molecule has 2 N–H and O–H groups in total. The van der Waals surface area contributed by atoms with Crippen molar-refractivity contribution in [2.24, 2.45) is 23.5 Å². The number of ether oxygens (including phenoxy) is 1. The molecule has 0 aromatic heterocycles. The fourth-order valence-electron chi connectivity index (χ4n) is 2.75. The SMILES string of the molecule is CC(C)CCOCCC(N)C1CCCC(C)C1. The minimum atomic E-state index is 0.358. The second-order valence-electron chi connectivity index (χ2n) is 6.28. The van der Waals surface area contributed by atoms with Crippen molar-refractivity contribution in [2.45, 2.75) is 65.3 Å². The van der Waals surface area contributed by atoms with Crippen LogP contribution in [0.3, 0.4) is 0 Å². The van der Waals surface area contributed by atoms with Crippen LogP contribution in [-0.4, -0.2) is 19.3 Å². The van der Waals surface area contributed by atoms with Gasteiger partial charge in [-0.05, 0) is 43.4 Å². The van der Waals surface area contributed by atoms with Crippen LogP contribution in [0.2, 0.25) is 0 Å². The zero-order valence-electron chi connectivity index (χ0n) is 12.0. The van der Waals surface area contributed by atoms with Gasteiger partial charge in [-0.1, -0.05) is 33.6 Å². The molecule has 0 radical (unpaired) electrons. The molecule has 1 rings (SSSR count). The molecule has 3 atom stereocenters. The number of hydrogen-bond donors (Lipinski definition) is 1. The summed E-state index contributed by atoms with van der Waals surface area (Å²) in [5.41, 5.74) is 6.27. The summed E-state index contributed by atoms with van der Waals surface area (Å²) < 4.78 is 5.65. The summed E-state index contributed by atoms with van der Waals surface area (Å²) in [7, 11) is 0. The number of hydrogen-bond acceptors (Lipinski definition) is 2. The molecular formula is C15H31NO. The van der Waals surface area contributed by atoms with Gasteiger partial charge in [0.15, 0.2) is 0 Å². The van der Waals surface area contributed by atoms with Gasteiger partial charge in [-0.3, -0.25) is 0 Å². The molecule has 1 aliphatic carbocycles. The van der Waals surface area contributed by atoms with Gasteiger partial charge in [0.25, 0.3) is 0 Å². The topological polar surface area (TPSA) is 35.2 Å². The highest BCUT2D eigenvalue weighted by atomic mass is 16.5. The summed E-state index contributed by atoms with van der Waals surface area (Å²) in [6.07, 6.45) is 7.62. The summed E-state index contributed by atoms with van der Waals surface area (Å²) in [5, 5.41) is 0. The second kappa shape index (κ2) is 8.10. The molecule has 1 aliphatic rings. The Morgan fingerprint density at radius 3 is 2.53 bits per heavy atom. The molecule has 2 heteroatoms. The molecule has 102 valence electrons. The molecule has 0 spiro atoms. The van der Waals surface area contributed by atoms with E-state index in [4.69, 9.17) is 10.5 Å². The van der Waals surface area contributed by atoms with Crippen molar-refractivity contribution < 1.29 is 4.74 Å². The first-order chi connectivity index (χ1) is 8.09. The average Bonchev–Trinajstić information content (AvgIpc) is 2.28. The highest BCUT2D eigenvalue weighted by molar-refractivity contribution is 4.78. The molecule has 3 unspecified atom stereocenters. The zero-order valence-corrected chi connectivity index (χ0v) is 12.0. The van der Waals surface area contributed by atoms with E-state index in [1.54, 1.807) is 0 Å². The van der Waals surface area contributed by atoms with Gasteiger partial charge in [0, 0.05) is 19.3 Å². The Bertz CT molecular complexity index is 193. The van der Waals surface area contributed by atoms with Crippen LogP contribution in [0.5, 0.6) is 0 Å². The Balaban J connectivity index is 2.05. The summed E-state index contributed by atoms with van der Waals surface area (Å²) in [6, 6.07) is 0.358. The Kier molecular flexibility index (Phi) is 7.14. The van der Waals surface area contributed by atoms with Gasteiger partial charge in [-0.2, -0.15) is 0 Å². The van der Waals surface area contributed by atoms with Crippen molar-refractivity contribution >= 4 is 0 Å². The number of rotatable bonds is 7. The predicted octanol–water partition coefficient (Wildman–Crippen LogP) is 3.59.